The number of carbonyl (C=O) groups excluding carboxylic acids is 1. The van der Waals surface area contributed by atoms with Gasteiger partial charge in [0, 0.05) is 19.5 Å². The third-order valence-electron chi connectivity index (χ3n) is 4.83. The predicted molar refractivity (Wildman–Crippen MR) is 142 cm³/mol. The van der Waals surface area contributed by atoms with Gasteiger partial charge in [0.1, 0.15) is 17.2 Å². The topological polar surface area (TPSA) is 104 Å². The van der Waals surface area contributed by atoms with Gasteiger partial charge < -0.3 is 30.0 Å². The zero-order chi connectivity index (χ0) is 25.3. The van der Waals surface area contributed by atoms with Crippen molar-refractivity contribution in [3.05, 3.63) is 54.9 Å². The minimum Gasteiger partial charge on any atom is -0.496 e. The molecule has 2 aromatic rings. The van der Waals surface area contributed by atoms with Crippen molar-refractivity contribution in [3.63, 3.8) is 0 Å². The molecule has 2 rings (SSSR count). The van der Waals surface area contributed by atoms with Crippen LogP contribution in [-0.2, 0) is 11.2 Å². The van der Waals surface area contributed by atoms with Crippen molar-refractivity contribution in [2.75, 3.05) is 40.9 Å². The quantitative estimate of drug-likeness (QED) is 0.133. The van der Waals surface area contributed by atoms with Crippen LogP contribution < -0.4 is 14.8 Å². The first-order valence-corrected chi connectivity index (χ1v) is 12.8. The number of hydrogen-bond acceptors (Lipinski definition) is 7. The molecule has 0 aliphatic heterocycles. The van der Waals surface area contributed by atoms with Crippen LogP contribution in [0, 0.1) is 0 Å². The molecule has 1 atom stereocenters. The number of amides is 1. The summed E-state index contributed by atoms with van der Waals surface area (Å²) in [6.45, 7) is 1.41. The number of methoxy groups -OCH3 is 1. The molecule has 8 nitrogen and oxygen atoms in total. The van der Waals surface area contributed by atoms with Crippen LogP contribution in [0.15, 0.2) is 48.9 Å². The number of aliphatic hydroxyl groups excluding tert-OH is 1. The number of nitrogens with zero attached hydrogens (tertiary/aromatic N) is 2. The number of benzene rings is 2. The Morgan fingerprint density at radius 1 is 1.15 bits per heavy atom. The van der Waals surface area contributed by atoms with Crippen LogP contribution in [0.25, 0.3) is 0 Å². The fraction of sp³-hybridized carbons (Fsp3) is 0.391. The van der Waals surface area contributed by atoms with Gasteiger partial charge in [0.2, 0.25) is 0 Å². The minimum absolute atomic E-state index is 0.0634. The van der Waals surface area contributed by atoms with E-state index < -0.39 is 12.0 Å². The number of nitrogens with one attached hydrogen (secondary N) is 1. The molecule has 0 saturated carbocycles. The number of aliphatic hydroxyl groups is 1. The van der Waals surface area contributed by atoms with Gasteiger partial charge in [-0.1, -0.05) is 11.2 Å². The summed E-state index contributed by atoms with van der Waals surface area (Å²) in [6, 6.07) is 8.81. The molecule has 1 unspecified atom stereocenters. The Hall–Kier alpha value is -1.66. The highest BCUT2D eigenvalue weighted by molar-refractivity contribution is 9.11. The molecule has 186 valence electrons. The Morgan fingerprint density at radius 3 is 2.38 bits per heavy atom. The Bertz CT molecular complexity index is 994. The van der Waals surface area contributed by atoms with E-state index in [1.807, 2.05) is 14.1 Å². The highest BCUT2D eigenvalue weighted by Crippen LogP contribution is 2.36. The largest absolute Gasteiger partial charge is 0.496 e. The summed E-state index contributed by atoms with van der Waals surface area (Å²) >= 11 is 10.4. The molecule has 1 amide bonds. The summed E-state index contributed by atoms with van der Waals surface area (Å²) in [5.74, 6) is 0.729. The maximum absolute atomic E-state index is 12.5. The molecule has 3 N–H and O–H groups in total. The van der Waals surface area contributed by atoms with Gasteiger partial charge in [-0.25, -0.2) is 0 Å². The molecule has 0 aliphatic rings. The first-order valence-electron chi connectivity index (χ1n) is 10.4. The number of oxime groups is 1. The van der Waals surface area contributed by atoms with Crippen molar-refractivity contribution in [3.8, 4) is 11.5 Å². The monoisotopic (exact) mass is 663 g/mol. The van der Waals surface area contributed by atoms with Gasteiger partial charge in [0.05, 0.1) is 33.2 Å². The molecule has 0 fully saturated rings. The first-order chi connectivity index (χ1) is 16.2. The van der Waals surface area contributed by atoms with Crippen LogP contribution in [0.5, 0.6) is 11.5 Å². The molecule has 0 aliphatic carbocycles. The molecule has 2 aromatic carbocycles. The van der Waals surface area contributed by atoms with Gasteiger partial charge >= 0.3 is 0 Å². The normalized spacial score (nSPS) is 12.5. The van der Waals surface area contributed by atoms with Gasteiger partial charge in [0.15, 0.2) is 0 Å². The van der Waals surface area contributed by atoms with Gasteiger partial charge in [-0.3, -0.25) is 4.79 Å². The van der Waals surface area contributed by atoms with Crippen molar-refractivity contribution >= 4 is 59.4 Å². The number of halogens is 3. The van der Waals surface area contributed by atoms with Crippen molar-refractivity contribution in [2.45, 2.75) is 18.9 Å². The van der Waals surface area contributed by atoms with E-state index in [9.17, 15) is 15.1 Å². The van der Waals surface area contributed by atoms with Gasteiger partial charge in [-0.15, -0.1) is 0 Å². The minimum atomic E-state index is -0.977. The number of rotatable bonds is 12. The molecule has 0 radical (unpaired) electrons. The van der Waals surface area contributed by atoms with Crippen molar-refractivity contribution in [1.29, 1.82) is 0 Å². The second-order valence-corrected chi connectivity index (χ2v) is 10.3. The van der Waals surface area contributed by atoms with Crippen molar-refractivity contribution in [1.82, 2.24) is 10.2 Å². The lowest BCUT2D eigenvalue weighted by atomic mass is 10.1. The summed E-state index contributed by atoms with van der Waals surface area (Å²) in [5, 5.41) is 25.7. The lowest BCUT2D eigenvalue weighted by Gasteiger charge is -2.17. The molecule has 0 spiro atoms. The van der Waals surface area contributed by atoms with E-state index in [0.717, 1.165) is 23.0 Å². The number of hydrogen-bond donors (Lipinski definition) is 3. The molecular weight excluding hydrogens is 638 g/mol. The summed E-state index contributed by atoms with van der Waals surface area (Å²) in [7, 11) is 5.58. The first kappa shape index (κ1) is 28.6. The van der Waals surface area contributed by atoms with E-state index in [1.54, 1.807) is 37.4 Å². The third-order valence-corrected chi connectivity index (χ3v) is 6.63. The van der Waals surface area contributed by atoms with Gasteiger partial charge in [-0.2, -0.15) is 0 Å². The maximum Gasteiger partial charge on any atom is 0.269 e. The lowest BCUT2D eigenvalue weighted by Crippen LogP contribution is -2.35. The zero-order valence-electron chi connectivity index (χ0n) is 19.1. The fourth-order valence-corrected chi connectivity index (χ4v) is 5.09. The summed E-state index contributed by atoms with van der Waals surface area (Å²) in [6.07, 6.45) is 0.0112. The Kier molecular flexibility index (Phi) is 11.8. The van der Waals surface area contributed by atoms with E-state index in [1.165, 1.54) is 0 Å². The average Bonchev–Trinajstić information content (AvgIpc) is 2.79. The highest BCUT2D eigenvalue weighted by atomic mass is 79.9. The van der Waals surface area contributed by atoms with Gasteiger partial charge in [-0.05, 0) is 104 Å². The fourth-order valence-electron chi connectivity index (χ4n) is 3.05. The molecular formula is C23H28Br3N3O5. The Balaban J connectivity index is 1.96. The third kappa shape index (κ3) is 8.53. The summed E-state index contributed by atoms with van der Waals surface area (Å²) in [4.78, 5) is 14.6. The number of ether oxygens (including phenoxy) is 2. The van der Waals surface area contributed by atoms with E-state index >= 15 is 0 Å². The summed E-state index contributed by atoms with van der Waals surface area (Å²) in [5.41, 5.74) is 1.26. The van der Waals surface area contributed by atoms with E-state index in [0.29, 0.717) is 32.6 Å². The molecule has 11 heteroatoms. The molecule has 0 heterocycles. The van der Waals surface area contributed by atoms with Crippen LogP contribution >= 0.6 is 47.8 Å². The summed E-state index contributed by atoms with van der Waals surface area (Å²) < 4.78 is 13.1. The van der Waals surface area contributed by atoms with E-state index in [4.69, 9.17) is 9.47 Å². The standard InChI is InChI=1S/C23H28Br3N3O5/c1-29(2)7-4-8-34-22-17(25)11-15(12-18(22)26)20(30)13-27-23(31)19(28-32)10-14-5-6-21(33-3)16(24)9-14/h5-6,9,11-12,20,30,32H,4,7-8,10,13H2,1-3H3,(H,27,31). The van der Waals surface area contributed by atoms with E-state index in [-0.39, 0.29) is 18.7 Å². The van der Waals surface area contributed by atoms with Crippen molar-refractivity contribution in [2.24, 2.45) is 5.16 Å². The van der Waals surface area contributed by atoms with E-state index in [2.05, 4.69) is 63.2 Å². The van der Waals surface area contributed by atoms with Crippen LogP contribution in [0.3, 0.4) is 0 Å². The average molecular weight is 666 g/mol. The van der Waals surface area contributed by atoms with Gasteiger partial charge in [0.25, 0.3) is 5.91 Å². The van der Waals surface area contributed by atoms with Crippen LogP contribution in [0.4, 0.5) is 0 Å². The van der Waals surface area contributed by atoms with Crippen LogP contribution in [-0.4, -0.2) is 67.7 Å². The smallest absolute Gasteiger partial charge is 0.269 e. The lowest BCUT2D eigenvalue weighted by molar-refractivity contribution is -0.115. The molecule has 0 saturated heterocycles. The Labute approximate surface area is 224 Å². The maximum atomic E-state index is 12.5. The predicted octanol–water partition coefficient (Wildman–Crippen LogP) is 4.54. The van der Waals surface area contributed by atoms with Crippen LogP contribution in [0.1, 0.15) is 23.7 Å². The molecule has 34 heavy (non-hydrogen) atoms. The number of carbonyl (C=O) groups is 1. The zero-order valence-corrected chi connectivity index (χ0v) is 23.9. The van der Waals surface area contributed by atoms with Crippen molar-refractivity contribution < 1.29 is 24.6 Å². The molecule has 0 bridgehead atoms. The molecule has 0 aromatic heterocycles. The second-order valence-electron chi connectivity index (χ2n) is 7.74. The second kappa shape index (κ2) is 14.0. The van der Waals surface area contributed by atoms with Crippen LogP contribution in [0.2, 0.25) is 0 Å². The highest BCUT2D eigenvalue weighted by Gasteiger charge is 2.18. The SMILES string of the molecule is COc1ccc(CC(=NO)C(=O)NCC(O)c2cc(Br)c(OCCCN(C)C)c(Br)c2)cc1Br. The Morgan fingerprint density at radius 2 is 1.82 bits per heavy atom.